The van der Waals surface area contributed by atoms with Crippen LogP contribution in [0.2, 0.25) is 0 Å². The Hall–Kier alpha value is -4.50. The third-order valence-corrected chi connectivity index (χ3v) is 6.86. The Morgan fingerprint density at radius 2 is 1.92 bits per heavy atom. The molecule has 4 aromatic rings. The van der Waals surface area contributed by atoms with Crippen molar-refractivity contribution in [3.8, 4) is 6.07 Å². The molecule has 5 nitrogen and oxygen atoms in total. The van der Waals surface area contributed by atoms with Gasteiger partial charge >= 0.3 is 5.97 Å². The van der Waals surface area contributed by atoms with Crippen molar-refractivity contribution in [1.29, 1.82) is 5.26 Å². The standard InChI is InChI=1S/C30H24FN3O2/c1-18-16-20(17-32)10-14-23(18)27(21-4-2-5-21)28(22-12-8-19(9-13-22)11-15-26(35)36)24-6-3-7-25-29(24)30(31)34-33-25/h3,6-16,21H,2,4-5H2,1H3,(H,33,34)(H,35,36). The molecule has 0 aliphatic heterocycles. The van der Waals surface area contributed by atoms with E-state index in [-0.39, 0.29) is 0 Å². The second-order valence-corrected chi connectivity index (χ2v) is 9.09. The van der Waals surface area contributed by atoms with E-state index in [9.17, 15) is 14.4 Å². The van der Waals surface area contributed by atoms with Gasteiger partial charge in [-0.1, -0.05) is 48.9 Å². The number of hydrogen-bond acceptors (Lipinski definition) is 3. The summed E-state index contributed by atoms with van der Waals surface area (Å²) in [5, 5.41) is 25.4. The molecular formula is C30H24FN3O2. The molecule has 1 aliphatic rings. The number of rotatable bonds is 6. The first-order chi connectivity index (χ1) is 17.5. The van der Waals surface area contributed by atoms with E-state index in [4.69, 9.17) is 5.11 Å². The molecule has 0 bridgehead atoms. The van der Waals surface area contributed by atoms with Crippen molar-refractivity contribution >= 4 is 34.1 Å². The van der Waals surface area contributed by atoms with E-state index < -0.39 is 11.9 Å². The molecule has 178 valence electrons. The lowest BCUT2D eigenvalue weighted by molar-refractivity contribution is -0.131. The highest BCUT2D eigenvalue weighted by Gasteiger charge is 2.29. The Bertz CT molecular complexity index is 1570. The molecule has 1 heterocycles. The maximum atomic E-state index is 15.0. The average Bonchev–Trinajstić information content (AvgIpc) is 3.23. The third-order valence-electron chi connectivity index (χ3n) is 6.86. The molecule has 0 spiro atoms. The summed E-state index contributed by atoms with van der Waals surface area (Å²) in [4.78, 5) is 10.9. The zero-order valence-electron chi connectivity index (χ0n) is 19.8. The summed E-state index contributed by atoms with van der Waals surface area (Å²) in [6, 6.07) is 21.2. The number of nitriles is 1. The highest BCUT2D eigenvalue weighted by Crippen LogP contribution is 2.47. The van der Waals surface area contributed by atoms with Crippen molar-refractivity contribution in [2.75, 3.05) is 0 Å². The topological polar surface area (TPSA) is 89.8 Å². The third kappa shape index (κ3) is 4.32. The summed E-state index contributed by atoms with van der Waals surface area (Å²) >= 11 is 0. The lowest BCUT2D eigenvalue weighted by atomic mass is 9.72. The van der Waals surface area contributed by atoms with Gasteiger partial charge in [0.1, 0.15) is 0 Å². The summed E-state index contributed by atoms with van der Waals surface area (Å²) in [7, 11) is 0. The van der Waals surface area contributed by atoms with E-state index in [0.717, 1.165) is 64.3 Å². The van der Waals surface area contributed by atoms with Gasteiger partial charge in [-0.05, 0) is 88.9 Å². The fraction of sp³-hybridized carbons (Fsp3) is 0.167. The first-order valence-electron chi connectivity index (χ1n) is 11.9. The molecule has 1 saturated carbocycles. The van der Waals surface area contributed by atoms with Crippen LogP contribution in [0.4, 0.5) is 4.39 Å². The van der Waals surface area contributed by atoms with Gasteiger partial charge in [-0.2, -0.15) is 9.65 Å². The van der Waals surface area contributed by atoms with Gasteiger partial charge in [0.15, 0.2) is 0 Å². The van der Waals surface area contributed by atoms with Crippen molar-refractivity contribution in [1.82, 2.24) is 10.2 Å². The lowest BCUT2D eigenvalue weighted by Crippen LogP contribution is -2.16. The van der Waals surface area contributed by atoms with Crippen molar-refractivity contribution in [2.45, 2.75) is 26.2 Å². The summed E-state index contributed by atoms with van der Waals surface area (Å²) in [6.07, 6.45) is 5.83. The largest absolute Gasteiger partial charge is 0.478 e. The van der Waals surface area contributed by atoms with E-state index in [1.165, 1.54) is 0 Å². The predicted octanol–water partition coefficient (Wildman–Crippen LogP) is 6.74. The van der Waals surface area contributed by atoms with Gasteiger partial charge in [0.2, 0.25) is 5.95 Å². The second-order valence-electron chi connectivity index (χ2n) is 9.09. The number of H-pyrrole nitrogens is 1. The lowest BCUT2D eigenvalue weighted by Gasteiger charge is -2.32. The van der Waals surface area contributed by atoms with Crippen LogP contribution in [-0.4, -0.2) is 21.3 Å². The van der Waals surface area contributed by atoms with Crippen LogP contribution in [0.15, 0.2) is 66.7 Å². The van der Waals surface area contributed by atoms with Gasteiger partial charge in [-0.15, -0.1) is 5.10 Å². The first kappa shape index (κ1) is 23.3. The smallest absolute Gasteiger partial charge is 0.328 e. The molecule has 0 atom stereocenters. The van der Waals surface area contributed by atoms with E-state index in [1.54, 1.807) is 6.08 Å². The van der Waals surface area contributed by atoms with Crippen LogP contribution in [0, 0.1) is 30.1 Å². The Kier molecular flexibility index (Phi) is 6.22. The molecule has 2 N–H and O–H groups in total. The van der Waals surface area contributed by atoms with Gasteiger partial charge in [0, 0.05) is 6.08 Å². The number of allylic oxidation sites excluding steroid dienone is 1. The normalized spacial score (nSPS) is 14.5. The molecule has 6 heteroatoms. The maximum absolute atomic E-state index is 15.0. The van der Waals surface area contributed by atoms with Crippen molar-refractivity contribution < 1.29 is 14.3 Å². The highest BCUT2D eigenvalue weighted by molar-refractivity contribution is 6.06. The molecule has 1 fully saturated rings. The zero-order valence-corrected chi connectivity index (χ0v) is 19.8. The number of aromatic nitrogens is 2. The number of nitrogens with one attached hydrogen (secondary N) is 1. The van der Waals surface area contributed by atoms with Gasteiger partial charge in [-0.25, -0.2) is 4.79 Å². The fourth-order valence-electron chi connectivity index (χ4n) is 4.92. The van der Waals surface area contributed by atoms with Crippen molar-refractivity contribution in [3.63, 3.8) is 0 Å². The van der Waals surface area contributed by atoms with E-state index in [1.807, 2.05) is 67.6 Å². The molecule has 0 radical (unpaired) electrons. The minimum atomic E-state index is -1.01. The fourth-order valence-corrected chi connectivity index (χ4v) is 4.92. The van der Waals surface area contributed by atoms with Crippen LogP contribution in [0.25, 0.3) is 28.1 Å². The molecule has 0 unspecified atom stereocenters. The SMILES string of the molecule is Cc1cc(C#N)ccc1C(=C(c1ccc(C=CC(=O)O)cc1)c1cccc2[nH]nc(F)c12)C1CCC1. The molecule has 1 aromatic heterocycles. The number of nitrogens with zero attached hydrogens (tertiary/aromatic N) is 2. The number of benzene rings is 3. The first-order valence-corrected chi connectivity index (χ1v) is 11.9. The van der Waals surface area contributed by atoms with Crippen molar-refractivity contribution in [3.05, 3.63) is 106 Å². The van der Waals surface area contributed by atoms with Crippen LogP contribution in [0.3, 0.4) is 0 Å². The molecule has 3 aromatic carbocycles. The molecule has 0 amide bonds. The number of carboxylic acid groups (broad SMARTS) is 1. The van der Waals surface area contributed by atoms with Gasteiger partial charge < -0.3 is 5.11 Å². The molecule has 1 aliphatic carbocycles. The van der Waals surface area contributed by atoms with Crippen LogP contribution in [-0.2, 0) is 4.79 Å². The van der Waals surface area contributed by atoms with Crippen LogP contribution >= 0.6 is 0 Å². The maximum Gasteiger partial charge on any atom is 0.328 e. The number of aryl methyl sites for hydroxylation is 1. The summed E-state index contributed by atoms with van der Waals surface area (Å²) in [5.41, 5.74) is 7.72. The second kappa shape index (κ2) is 9.63. The summed E-state index contributed by atoms with van der Waals surface area (Å²) in [6.45, 7) is 2.01. The van der Waals surface area contributed by atoms with Gasteiger partial charge in [-0.3, -0.25) is 5.10 Å². The average molecular weight is 478 g/mol. The molecular weight excluding hydrogens is 453 g/mol. The summed E-state index contributed by atoms with van der Waals surface area (Å²) in [5.74, 6) is -1.27. The Morgan fingerprint density at radius 1 is 1.14 bits per heavy atom. The minimum Gasteiger partial charge on any atom is -0.478 e. The minimum absolute atomic E-state index is 0.295. The number of fused-ring (bicyclic) bond motifs is 1. The van der Waals surface area contributed by atoms with Crippen LogP contribution in [0.5, 0.6) is 0 Å². The number of carboxylic acids is 1. The van der Waals surface area contributed by atoms with Gasteiger partial charge in [0.05, 0.1) is 22.5 Å². The Morgan fingerprint density at radius 3 is 2.56 bits per heavy atom. The van der Waals surface area contributed by atoms with E-state index >= 15 is 0 Å². The zero-order chi connectivity index (χ0) is 25.2. The quantitative estimate of drug-likeness (QED) is 0.238. The van der Waals surface area contributed by atoms with E-state index in [0.29, 0.717) is 22.4 Å². The monoisotopic (exact) mass is 477 g/mol. The van der Waals surface area contributed by atoms with Crippen molar-refractivity contribution in [2.24, 2.45) is 5.92 Å². The predicted molar refractivity (Wildman–Crippen MR) is 138 cm³/mol. The number of hydrogen-bond donors (Lipinski definition) is 2. The Labute approximate surface area is 208 Å². The summed E-state index contributed by atoms with van der Waals surface area (Å²) < 4.78 is 15.0. The van der Waals surface area contributed by atoms with Crippen LogP contribution < -0.4 is 0 Å². The number of halogens is 1. The van der Waals surface area contributed by atoms with Crippen LogP contribution in [0.1, 0.15) is 52.6 Å². The number of carbonyl (C=O) groups is 1. The Balaban J connectivity index is 1.81. The van der Waals surface area contributed by atoms with E-state index in [2.05, 4.69) is 16.3 Å². The number of aromatic amines is 1. The molecule has 5 rings (SSSR count). The number of aliphatic carboxylic acids is 1. The molecule has 0 saturated heterocycles. The van der Waals surface area contributed by atoms with Gasteiger partial charge in [0.25, 0.3) is 0 Å². The molecule has 36 heavy (non-hydrogen) atoms. The highest BCUT2D eigenvalue weighted by atomic mass is 19.1.